The summed E-state index contributed by atoms with van der Waals surface area (Å²) in [6.07, 6.45) is 15.7. The third kappa shape index (κ3) is 20.0. The number of aromatic nitrogens is 6. The second kappa shape index (κ2) is 38.4. The van der Waals surface area contributed by atoms with Crippen LogP contribution in [-0.2, 0) is 57.1 Å². The zero-order valence-electron chi connectivity index (χ0n) is 73.6. The van der Waals surface area contributed by atoms with Crippen LogP contribution in [0.4, 0.5) is 19.2 Å². The van der Waals surface area contributed by atoms with Crippen LogP contribution in [0.15, 0.2) is 131 Å². The molecular formula is C91H117BBrN15O16. The molecule has 15 rings (SSSR count). The van der Waals surface area contributed by atoms with Crippen molar-refractivity contribution in [3.63, 3.8) is 0 Å². The van der Waals surface area contributed by atoms with Gasteiger partial charge in [0.1, 0.15) is 53.7 Å². The van der Waals surface area contributed by atoms with Gasteiger partial charge in [-0.1, -0.05) is 156 Å². The first-order chi connectivity index (χ1) is 59.1. The van der Waals surface area contributed by atoms with Gasteiger partial charge in [-0.2, -0.15) is 0 Å². The molecule has 31 nitrogen and oxygen atoms in total. The number of likely N-dealkylation sites (tertiary alicyclic amines) is 2. The van der Waals surface area contributed by atoms with Crippen LogP contribution in [0.1, 0.15) is 208 Å². The summed E-state index contributed by atoms with van der Waals surface area (Å²) >= 11 is 3.44. The average molecular weight is 1770 g/mol. The third-order valence-corrected chi connectivity index (χ3v) is 26.0. The van der Waals surface area contributed by atoms with E-state index in [1.165, 1.54) is 38.6 Å². The fourth-order valence-corrected chi connectivity index (χ4v) is 17.4. The Balaban J connectivity index is 0.000000171. The second-order valence-corrected chi connectivity index (χ2v) is 36.6. The molecule has 3 aromatic heterocycles. The number of nitrogens with zero attached hydrogens (tertiary/aromatic N) is 8. The summed E-state index contributed by atoms with van der Waals surface area (Å²) in [4.78, 5) is 147. The molecule has 5 saturated heterocycles. The Labute approximate surface area is 733 Å². The molecule has 0 bridgehead atoms. The highest BCUT2D eigenvalue weighted by molar-refractivity contribution is 9.10. The van der Waals surface area contributed by atoms with Crippen LogP contribution < -0.4 is 26.7 Å². The number of imidazole rings is 3. The minimum Gasteiger partial charge on any atom is -0.453 e. The lowest BCUT2D eigenvalue weighted by atomic mass is 9.76. The van der Waals surface area contributed by atoms with Gasteiger partial charge >= 0.3 is 31.5 Å². The molecule has 662 valence electrons. The van der Waals surface area contributed by atoms with Crippen LogP contribution in [-0.4, -0.2) is 205 Å². The van der Waals surface area contributed by atoms with Crippen molar-refractivity contribution >= 4 is 87.8 Å². The van der Waals surface area contributed by atoms with E-state index in [9.17, 15) is 38.4 Å². The monoisotopic (exact) mass is 1770 g/mol. The molecule has 6 aliphatic heterocycles. The number of ether oxygens (including phenoxy) is 4. The van der Waals surface area contributed by atoms with Gasteiger partial charge < -0.3 is 74.3 Å². The molecular weight excluding hydrogens is 1650 g/mol. The molecule has 7 fully saturated rings. The number of carbonyl (C=O) groups is 8. The number of nitrogens with one attached hydrogen (secondary N) is 7. The number of aromatic amines is 3. The van der Waals surface area contributed by atoms with Crippen molar-refractivity contribution in [1.82, 2.24) is 71.1 Å². The normalized spacial score (nSPS) is 21.0. The number of H-pyrrole nitrogens is 3. The molecule has 2 saturated carbocycles. The SMILES string of the molecule is COC(=O)N[C@H](C(=O)N1CCC[C@H]1C1=NC=C(c2ccc(-c3ccc(-c4cnc([C@@H]5CC6(CCC6)ON5C(=O)[C@@H](NC(=O)OC)C(C)C)[nH]4)cc3)cc2)C1)C(C)C.COC(=O)N[C@H](C(=O)N1CCC[C@H]1c1ncc(-c2ccc(Br)cc2)[nH]1)C(C)C.COC(=O)N[C@H](C(=O)N1OC2(CCC2)C[C@H]1c1ncc(-c2ccc(B3OC(C)(C)C(C)(C)O3)cc2)[nH]1)C(C)C. The van der Waals surface area contributed by atoms with Gasteiger partial charge in [-0.15, -0.1) is 0 Å². The summed E-state index contributed by atoms with van der Waals surface area (Å²) in [5.74, 6) is 0.724. The first kappa shape index (κ1) is 91.0. The van der Waals surface area contributed by atoms with Gasteiger partial charge in [0.05, 0.1) is 98.6 Å². The van der Waals surface area contributed by atoms with Crippen molar-refractivity contribution in [3.8, 4) is 44.9 Å². The number of methoxy groups -OCH3 is 4. The van der Waals surface area contributed by atoms with E-state index < -0.39 is 84.5 Å². The summed E-state index contributed by atoms with van der Waals surface area (Å²) in [6, 6.07) is 28.8. The smallest absolute Gasteiger partial charge is 0.453 e. The number of alkyl carbamates (subject to hydrolysis) is 4. The first-order valence-electron chi connectivity index (χ1n) is 43.0. The number of allylic oxidation sites excluding steroid dienone is 1. The van der Waals surface area contributed by atoms with Crippen LogP contribution in [0, 0.1) is 23.7 Å². The summed E-state index contributed by atoms with van der Waals surface area (Å²) in [5, 5.41) is 13.6. The predicted molar refractivity (Wildman–Crippen MR) is 470 cm³/mol. The van der Waals surface area contributed by atoms with Crippen LogP contribution >= 0.6 is 15.9 Å². The molecule has 9 heterocycles. The molecule has 124 heavy (non-hydrogen) atoms. The minimum atomic E-state index is -0.811. The number of aliphatic imine (C=N–C) groups is 1. The fourth-order valence-electron chi connectivity index (χ4n) is 17.1. The molecule has 7 N–H and O–H groups in total. The van der Waals surface area contributed by atoms with E-state index in [1.54, 1.807) is 18.6 Å². The number of hydrogen-bond acceptors (Lipinski definition) is 20. The maximum Gasteiger partial charge on any atom is 0.494 e. The first-order valence-corrected chi connectivity index (χ1v) is 43.8. The van der Waals surface area contributed by atoms with E-state index in [4.69, 9.17) is 43.2 Å². The van der Waals surface area contributed by atoms with Gasteiger partial charge in [-0.3, -0.25) is 33.8 Å². The van der Waals surface area contributed by atoms with Crippen molar-refractivity contribution in [2.45, 2.75) is 237 Å². The standard InChI is InChI=1S/C43H53N7O7.C28H39BN4O6.C20H25BrN4O3/c1-25(2)36(47-41(53)55-5)39(51)49-20-7-9-34(49)32-21-31(23-44-32)29-12-10-27(11-13-29)28-14-16-30(17-15-28)33-24-45-38(46-33)35-22-43(18-8-19-43)57-50(35)40(52)37(26(3)4)48-42(54)56-6;1-17(2)22(32-25(35)36-7)24(34)33-21(15-28(39-33)13-8-14-28)23-30-16-20(31-23)18-9-11-19(12-10-18)29-37-26(3,4)27(5,6)38-29;1-12(2)17(24-20(27)28-3)19(26)25-10-4-5-16(25)18-22-11-15(23-18)13-6-8-14(21)9-7-13/h10-17,23-26,34-37H,7-9,18-22H2,1-6H3,(H,45,46)(H,47,53)(H,48,54);9-12,16-17,21-22H,8,13-15H2,1-7H3,(H,30,31)(H,32,35);6-9,11-12,16-17H,4-5,10H2,1-3H3,(H,22,23)(H,24,27)/t34-,35-,36-,37-;21-,22-;16-,17-/m000/s1. The van der Waals surface area contributed by atoms with Crippen molar-refractivity contribution in [1.29, 1.82) is 0 Å². The topological polar surface area (TPSA) is 370 Å². The number of hydroxylamine groups is 4. The van der Waals surface area contributed by atoms with Crippen LogP contribution in [0.2, 0.25) is 0 Å². The Morgan fingerprint density at radius 1 is 0.444 bits per heavy atom. The summed E-state index contributed by atoms with van der Waals surface area (Å²) < 4.78 is 32.3. The highest BCUT2D eigenvalue weighted by atomic mass is 79.9. The summed E-state index contributed by atoms with van der Waals surface area (Å²) in [6.45, 7) is 24.6. The van der Waals surface area contributed by atoms with Gasteiger partial charge in [-0.25, -0.2) is 44.3 Å². The number of amides is 8. The molecule has 8 atom stereocenters. The van der Waals surface area contributed by atoms with E-state index in [2.05, 4.69) is 115 Å². The lowest BCUT2D eigenvalue weighted by Crippen LogP contribution is -2.53. The minimum absolute atomic E-state index is 0.0530. The Bertz CT molecular complexity index is 5020. The number of rotatable bonds is 22. The highest BCUT2D eigenvalue weighted by Gasteiger charge is 2.57. The Kier molecular flexibility index (Phi) is 28.2. The number of benzene rings is 4. The molecule has 2 spiro atoms. The molecule has 7 aromatic rings. The largest absolute Gasteiger partial charge is 0.494 e. The molecule has 8 amide bonds. The van der Waals surface area contributed by atoms with Crippen LogP contribution in [0.25, 0.3) is 50.5 Å². The van der Waals surface area contributed by atoms with Crippen molar-refractivity contribution in [3.05, 3.63) is 149 Å². The van der Waals surface area contributed by atoms with Gasteiger partial charge in [0.25, 0.3) is 11.8 Å². The maximum absolute atomic E-state index is 13.8. The van der Waals surface area contributed by atoms with E-state index in [0.29, 0.717) is 44.0 Å². The molecule has 2 aliphatic carbocycles. The Morgan fingerprint density at radius 3 is 1.14 bits per heavy atom. The fraction of sp³-hybridized carbons (Fsp3) is 0.516. The highest BCUT2D eigenvalue weighted by Crippen LogP contribution is 2.53. The number of halogens is 1. The maximum atomic E-state index is 13.8. The van der Waals surface area contributed by atoms with E-state index in [-0.39, 0.29) is 65.0 Å². The zero-order chi connectivity index (χ0) is 88.9. The van der Waals surface area contributed by atoms with Gasteiger partial charge in [-0.05, 0) is 172 Å². The second-order valence-electron chi connectivity index (χ2n) is 35.7. The Morgan fingerprint density at radius 2 is 0.774 bits per heavy atom. The van der Waals surface area contributed by atoms with Crippen molar-refractivity contribution in [2.24, 2.45) is 28.7 Å². The summed E-state index contributed by atoms with van der Waals surface area (Å²) in [5.41, 5.74) is 10.2. The lowest BCUT2D eigenvalue weighted by molar-refractivity contribution is -0.230. The average Bonchev–Trinajstić information content (AvgIpc) is 1.61. The van der Waals surface area contributed by atoms with E-state index in [0.717, 1.165) is 142 Å². The third-order valence-electron chi connectivity index (χ3n) is 25.4. The molecule has 4 aromatic carbocycles. The van der Waals surface area contributed by atoms with Crippen LogP contribution in [0.5, 0.6) is 0 Å². The van der Waals surface area contributed by atoms with Crippen LogP contribution in [0.3, 0.4) is 0 Å². The van der Waals surface area contributed by atoms with Crippen molar-refractivity contribution < 1.29 is 76.3 Å². The molecule has 0 unspecified atom stereocenters. The molecule has 33 heteroatoms. The van der Waals surface area contributed by atoms with E-state index in [1.807, 2.05) is 148 Å². The zero-order valence-corrected chi connectivity index (χ0v) is 75.2. The summed E-state index contributed by atoms with van der Waals surface area (Å²) in [7, 11) is 4.72. The number of carbonyl (C=O) groups excluding carboxylic acids is 8. The van der Waals surface area contributed by atoms with Crippen molar-refractivity contribution in [2.75, 3.05) is 41.5 Å². The Hall–Kier alpha value is -10.7. The predicted octanol–water partition coefficient (Wildman–Crippen LogP) is 14.6. The lowest BCUT2D eigenvalue weighted by Gasteiger charge is -2.37. The number of hydrogen-bond donors (Lipinski definition) is 7. The van der Waals surface area contributed by atoms with Gasteiger partial charge in [0.15, 0.2) is 0 Å². The van der Waals surface area contributed by atoms with E-state index >= 15 is 0 Å². The van der Waals surface area contributed by atoms with Gasteiger partial charge in [0.2, 0.25) is 11.8 Å². The molecule has 8 aliphatic rings. The van der Waals surface area contributed by atoms with Gasteiger partial charge in [0, 0.05) is 48.7 Å². The quantitative estimate of drug-likeness (QED) is 0.0245. The molecule has 0 radical (unpaired) electrons.